The molecule has 1 rings (SSSR count). The molecule has 0 radical (unpaired) electrons. The molecule has 1 aromatic rings. The Hall–Kier alpha value is -0.930. The van der Waals surface area contributed by atoms with Crippen molar-refractivity contribution in [1.29, 1.82) is 0 Å². The van der Waals surface area contributed by atoms with Crippen molar-refractivity contribution < 1.29 is 4.39 Å². The predicted octanol–water partition coefficient (Wildman–Crippen LogP) is 1.91. The Balaban J connectivity index is 2.07. The lowest BCUT2D eigenvalue weighted by molar-refractivity contribution is 0.602. The molecule has 3 heteroatoms. The molecule has 0 heterocycles. The summed E-state index contributed by atoms with van der Waals surface area (Å²) >= 11 is 0. The minimum Gasteiger partial charge on any atom is -0.320 e. The van der Waals surface area contributed by atoms with Gasteiger partial charge in [-0.1, -0.05) is 12.1 Å². The summed E-state index contributed by atoms with van der Waals surface area (Å²) in [6.07, 6.45) is 2.36. The number of benzene rings is 1. The fourth-order valence-electron chi connectivity index (χ4n) is 1.39. The van der Waals surface area contributed by atoms with Crippen molar-refractivity contribution in [2.45, 2.75) is 19.4 Å². The van der Waals surface area contributed by atoms with E-state index in [2.05, 4.69) is 10.6 Å². The van der Waals surface area contributed by atoms with Gasteiger partial charge >= 0.3 is 0 Å². The summed E-state index contributed by atoms with van der Waals surface area (Å²) in [5.41, 5.74) is 1.13. The summed E-state index contributed by atoms with van der Waals surface area (Å²) in [6.45, 7) is 2.90. The summed E-state index contributed by atoms with van der Waals surface area (Å²) in [6, 6.07) is 6.63. The molecule has 0 aliphatic carbocycles. The lowest BCUT2D eigenvalue weighted by Crippen LogP contribution is -2.16. The van der Waals surface area contributed by atoms with E-state index in [1.165, 1.54) is 25.0 Å². The second-order valence-electron chi connectivity index (χ2n) is 3.61. The Bertz CT molecular complexity index is 259. The first-order chi connectivity index (χ1) is 7.33. The number of nitrogens with one attached hydrogen (secondary N) is 2. The van der Waals surface area contributed by atoms with Crippen LogP contribution in [0.5, 0.6) is 0 Å². The van der Waals surface area contributed by atoms with Gasteiger partial charge in [-0.05, 0) is 50.7 Å². The van der Waals surface area contributed by atoms with Crippen molar-refractivity contribution in [3.8, 4) is 0 Å². The molecule has 0 saturated carbocycles. The Morgan fingerprint density at radius 1 is 1.07 bits per heavy atom. The van der Waals surface area contributed by atoms with Crippen LogP contribution in [0.4, 0.5) is 4.39 Å². The molecule has 0 aliphatic heterocycles. The van der Waals surface area contributed by atoms with Gasteiger partial charge in [-0.2, -0.15) is 0 Å². The van der Waals surface area contributed by atoms with E-state index in [-0.39, 0.29) is 5.82 Å². The molecule has 0 amide bonds. The Morgan fingerprint density at radius 2 is 1.73 bits per heavy atom. The first-order valence-electron chi connectivity index (χ1n) is 5.42. The Labute approximate surface area is 90.9 Å². The van der Waals surface area contributed by atoms with Crippen LogP contribution in [0.15, 0.2) is 24.3 Å². The maximum absolute atomic E-state index is 12.6. The van der Waals surface area contributed by atoms with Gasteiger partial charge in [-0.25, -0.2) is 4.39 Å². The summed E-state index contributed by atoms with van der Waals surface area (Å²) in [7, 11) is 1.96. The van der Waals surface area contributed by atoms with Gasteiger partial charge in [-0.3, -0.25) is 0 Å². The molecule has 0 spiro atoms. The SMILES string of the molecule is CNCCCCNCc1ccc(F)cc1. The van der Waals surface area contributed by atoms with E-state index in [4.69, 9.17) is 0 Å². The van der Waals surface area contributed by atoms with Crippen molar-refractivity contribution in [2.24, 2.45) is 0 Å². The van der Waals surface area contributed by atoms with Gasteiger partial charge in [0.15, 0.2) is 0 Å². The predicted molar refractivity (Wildman–Crippen MR) is 61.3 cm³/mol. The first kappa shape index (κ1) is 12.1. The minimum atomic E-state index is -0.173. The highest BCUT2D eigenvalue weighted by atomic mass is 19.1. The topological polar surface area (TPSA) is 24.1 Å². The quantitative estimate of drug-likeness (QED) is 0.672. The third-order valence-electron chi connectivity index (χ3n) is 2.27. The van der Waals surface area contributed by atoms with E-state index in [1.54, 1.807) is 0 Å². The maximum atomic E-state index is 12.6. The Morgan fingerprint density at radius 3 is 2.40 bits per heavy atom. The highest BCUT2D eigenvalue weighted by Gasteiger charge is 1.93. The van der Waals surface area contributed by atoms with Crippen molar-refractivity contribution in [3.63, 3.8) is 0 Å². The number of hydrogen-bond acceptors (Lipinski definition) is 2. The van der Waals surface area contributed by atoms with Crippen LogP contribution in [-0.2, 0) is 6.54 Å². The van der Waals surface area contributed by atoms with Crippen molar-refractivity contribution >= 4 is 0 Å². The lowest BCUT2D eigenvalue weighted by atomic mass is 10.2. The number of hydrogen-bond donors (Lipinski definition) is 2. The van der Waals surface area contributed by atoms with Crippen molar-refractivity contribution in [3.05, 3.63) is 35.6 Å². The summed E-state index contributed by atoms with van der Waals surface area (Å²) in [5.74, 6) is -0.173. The van der Waals surface area contributed by atoms with Crippen molar-refractivity contribution in [2.75, 3.05) is 20.1 Å². The standard InChI is InChI=1S/C12H19FN2/c1-14-8-2-3-9-15-10-11-4-6-12(13)7-5-11/h4-7,14-15H,2-3,8-10H2,1H3. The van der Waals surface area contributed by atoms with E-state index >= 15 is 0 Å². The summed E-state index contributed by atoms with van der Waals surface area (Å²) in [5, 5.41) is 6.44. The largest absolute Gasteiger partial charge is 0.320 e. The molecule has 2 nitrogen and oxygen atoms in total. The molecule has 2 N–H and O–H groups in total. The molecule has 1 aromatic carbocycles. The lowest BCUT2D eigenvalue weighted by Gasteiger charge is -2.04. The average Bonchev–Trinajstić information content (AvgIpc) is 2.26. The van der Waals surface area contributed by atoms with E-state index in [0.29, 0.717) is 0 Å². The zero-order valence-electron chi connectivity index (χ0n) is 9.22. The van der Waals surface area contributed by atoms with Crippen LogP contribution < -0.4 is 10.6 Å². The summed E-state index contributed by atoms with van der Waals surface area (Å²) < 4.78 is 12.6. The van der Waals surface area contributed by atoms with Gasteiger partial charge in [0.2, 0.25) is 0 Å². The third kappa shape index (κ3) is 5.50. The average molecular weight is 210 g/mol. The number of rotatable bonds is 7. The smallest absolute Gasteiger partial charge is 0.123 e. The van der Waals surface area contributed by atoms with E-state index in [1.807, 2.05) is 19.2 Å². The Kier molecular flexibility index (Phi) is 5.97. The highest BCUT2D eigenvalue weighted by molar-refractivity contribution is 5.15. The molecule has 0 fully saturated rings. The molecule has 15 heavy (non-hydrogen) atoms. The number of unbranched alkanes of at least 4 members (excludes halogenated alkanes) is 1. The van der Waals surface area contributed by atoms with Crippen LogP contribution in [0.3, 0.4) is 0 Å². The normalized spacial score (nSPS) is 10.5. The fourth-order valence-corrected chi connectivity index (χ4v) is 1.39. The van der Waals surface area contributed by atoms with Gasteiger partial charge in [0.05, 0.1) is 0 Å². The fraction of sp³-hybridized carbons (Fsp3) is 0.500. The van der Waals surface area contributed by atoms with Gasteiger partial charge < -0.3 is 10.6 Å². The van der Waals surface area contributed by atoms with Gasteiger partial charge in [-0.15, -0.1) is 0 Å². The molecule has 0 aromatic heterocycles. The van der Waals surface area contributed by atoms with Gasteiger partial charge in [0.1, 0.15) is 5.82 Å². The van der Waals surface area contributed by atoms with Gasteiger partial charge in [0.25, 0.3) is 0 Å². The van der Waals surface area contributed by atoms with E-state index in [0.717, 1.165) is 25.2 Å². The second kappa shape index (κ2) is 7.37. The number of halogens is 1. The molecular weight excluding hydrogens is 191 g/mol. The molecule has 0 bridgehead atoms. The van der Waals surface area contributed by atoms with Crippen LogP contribution >= 0.6 is 0 Å². The minimum absolute atomic E-state index is 0.173. The third-order valence-corrected chi connectivity index (χ3v) is 2.27. The van der Waals surface area contributed by atoms with Crippen LogP contribution in [0.1, 0.15) is 18.4 Å². The highest BCUT2D eigenvalue weighted by Crippen LogP contribution is 2.01. The second-order valence-corrected chi connectivity index (χ2v) is 3.61. The van der Waals surface area contributed by atoms with E-state index in [9.17, 15) is 4.39 Å². The molecule has 84 valence electrons. The molecule has 0 atom stereocenters. The van der Waals surface area contributed by atoms with Crippen LogP contribution in [0.25, 0.3) is 0 Å². The zero-order valence-corrected chi connectivity index (χ0v) is 9.22. The van der Waals surface area contributed by atoms with Gasteiger partial charge in [0, 0.05) is 6.54 Å². The van der Waals surface area contributed by atoms with E-state index < -0.39 is 0 Å². The first-order valence-corrected chi connectivity index (χ1v) is 5.42. The van der Waals surface area contributed by atoms with Crippen molar-refractivity contribution in [1.82, 2.24) is 10.6 Å². The van der Waals surface area contributed by atoms with Crippen LogP contribution in [0, 0.1) is 5.82 Å². The van der Waals surface area contributed by atoms with Crippen LogP contribution in [-0.4, -0.2) is 20.1 Å². The molecular formula is C12H19FN2. The molecule has 0 saturated heterocycles. The monoisotopic (exact) mass is 210 g/mol. The zero-order chi connectivity index (χ0) is 10.9. The molecule has 0 unspecified atom stereocenters. The molecule has 0 aliphatic rings. The maximum Gasteiger partial charge on any atom is 0.123 e. The van der Waals surface area contributed by atoms with Crippen LogP contribution in [0.2, 0.25) is 0 Å². The summed E-state index contributed by atoms with van der Waals surface area (Å²) in [4.78, 5) is 0.